The van der Waals surface area contributed by atoms with Gasteiger partial charge in [-0.1, -0.05) is 11.6 Å². The molecular weight excluding hydrogens is 195 g/mol. The van der Waals surface area contributed by atoms with E-state index in [1.807, 2.05) is 0 Å². The van der Waals surface area contributed by atoms with Crippen molar-refractivity contribution in [1.82, 2.24) is 0 Å². The second kappa shape index (κ2) is 3.81. The molecule has 2 N–H and O–H groups in total. The van der Waals surface area contributed by atoms with Crippen molar-refractivity contribution >= 4 is 29.3 Å². The molecule has 0 aliphatic rings. The van der Waals surface area contributed by atoms with Crippen LogP contribution in [0.3, 0.4) is 0 Å². The van der Waals surface area contributed by atoms with E-state index in [-0.39, 0.29) is 0 Å². The molecule has 0 aromatic heterocycles. The molecule has 3 nitrogen and oxygen atoms in total. The van der Waals surface area contributed by atoms with E-state index < -0.39 is 6.72 Å². The van der Waals surface area contributed by atoms with Crippen LogP contribution < -0.4 is 4.89 Å². The largest absolute Gasteiger partial charge is 0.742 e. The predicted octanol–water partition coefficient (Wildman–Crippen LogP) is 0.582. The van der Waals surface area contributed by atoms with Gasteiger partial charge in [0.25, 0.3) is 0 Å². The first-order chi connectivity index (χ1) is 4.33. The minimum absolute atomic E-state index is 0.410. The first-order valence-electron chi connectivity index (χ1n) is 2.41. The Balaban J connectivity index is 4.61. The Labute approximate surface area is 68.2 Å². The zero-order chi connectivity index (χ0) is 8.36. The van der Waals surface area contributed by atoms with Crippen LogP contribution in [0, 0.1) is 0 Å². The summed E-state index contributed by atoms with van der Waals surface area (Å²) in [5, 5.41) is 0.410. The standard InChI is InChI=1S/C4H8ClO3PS/c1-3(5)4(2)10-9(6,7)8/h1-2H3,(H2-,6,7,8). The molecule has 0 bridgehead atoms. The molecule has 10 heavy (non-hydrogen) atoms. The number of hydrogen-bond acceptors (Lipinski definition) is 1. The predicted molar refractivity (Wildman–Crippen MR) is 42.9 cm³/mol. The maximum absolute atomic E-state index is 10.3. The van der Waals surface area contributed by atoms with Gasteiger partial charge in [-0.3, -0.25) is 0 Å². The Morgan fingerprint density at radius 3 is 2.00 bits per heavy atom. The van der Waals surface area contributed by atoms with Crippen LogP contribution in [0.15, 0.2) is 9.94 Å². The summed E-state index contributed by atoms with van der Waals surface area (Å²) in [5.41, 5.74) is 0. The van der Waals surface area contributed by atoms with Gasteiger partial charge in [-0.2, -0.15) is 0 Å². The maximum Gasteiger partial charge on any atom is 0.320 e. The molecule has 6 heteroatoms. The molecule has 0 rings (SSSR count). The third-order valence-corrected chi connectivity index (χ3v) is 3.49. The van der Waals surface area contributed by atoms with Gasteiger partial charge in [-0.25, -0.2) is 0 Å². The summed E-state index contributed by atoms with van der Waals surface area (Å²) in [7, 11) is 0.479. The molecule has 0 spiro atoms. The van der Waals surface area contributed by atoms with Crippen LogP contribution in [0.2, 0.25) is 0 Å². The van der Waals surface area contributed by atoms with Gasteiger partial charge in [0.1, 0.15) is 0 Å². The highest BCUT2D eigenvalue weighted by Gasteiger charge is 2.11. The maximum atomic E-state index is 10.3. The van der Waals surface area contributed by atoms with Gasteiger partial charge >= 0.3 is 6.72 Å². The molecule has 0 saturated carbocycles. The average Bonchev–Trinajstić information content (AvgIpc) is 1.60. The highest BCUT2D eigenvalue weighted by molar-refractivity contribution is 8.18. The molecule has 0 saturated heterocycles. The fraction of sp³-hybridized carbons (Fsp3) is 0.500. The number of halogens is 1. The van der Waals surface area contributed by atoms with Crippen molar-refractivity contribution in [2.45, 2.75) is 13.8 Å². The Bertz CT molecular complexity index is 194. The lowest BCUT2D eigenvalue weighted by atomic mass is 10.6. The van der Waals surface area contributed by atoms with E-state index in [1.165, 1.54) is 0 Å². The fourth-order valence-corrected chi connectivity index (χ4v) is 2.48. The van der Waals surface area contributed by atoms with Crippen LogP contribution in [0.5, 0.6) is 0 Å². The van der Waals surface area contributed by atoms with E-state index in [2.05, 4.69) is 0 Å². The molecule has 0 atom stereocenters. The topological polar surface area (TPSA) is 63.5 Å². The van der Waals surface area contributed by atoms with Gasteiger partial charge in [-0.15, -0.1) is 0 Å². The highest BCUT2D eigenvalue weighted by Crippen LogP contribution is 2.28. The summed E-state index contributed by atoms with van der Waals surface area (Å²) in [6, 6.07) is 0. The molecule has 60 valence electrons. The van der Waals surface area contributed by atoms with Crippen molar-refractivity contribution in [2.75, 3.05) is 0 Å². The molecule has 0 radical (unpaired) electrons. The lowest BCUT2D eigenvalue weighted by Crippen LogP contribution is -1.98. The van der Waals surface area contributed by atoms with E-state index in [0.29, 0.717) is 20.9 Å². The van der Waals surface area contributed by atoms with Gasteiger partial charge in [0.2, 0.25) is 15.8 Å². The normalized spacial score (nSPS) is 14.6. The van der Waals surface area contributed by atoms with E-state index in [0.717, 1.165) is 0 Å². The molecule has 0 heterocycles. The van der Waals surface area contributed by atoms with Crippen LogP contribution >= 0.6 is 18.3 Å². The molecule has 0 amide bonds. The van der Waals surface area contributed by atoms with Gasteiger partial charge in [-0.05, 0) is 6.92 Å². The second-order valence-electron chi connectivity index (χ2n) is 1.67. The van der Waals surface area contributed by atoms with Crippen molar-refractivity contribution in [2.24, 2.45) is 0 Å². The van der Waals surface area contributed by atoms with Gasteiger partial charge < -0.3 is 14.7 Å². The second-order valence-corrected chi connectivity index (χ2v) is 5.99. The van der Waals surface area contributed by atoms with Crippen LogP contribution in [-0.4, -0.2) is 9.79 Å². The number of allylic oxidation sites excluding steroid dienone is 2. The first kappa shape index (κ1) is 10.6. The zero-order valence-corrected chi connectivity index (χ0v) is 8.00. The smallest absolute Gasteiger partial charge is 0.320 e. The van der Waals surface area contributed by atoms with Crippen LogP contribution in [0.4, 0.5) is 0 Å². The van der Waals surface area contributed by atoms with Crippen LogP contribution in [0.25, 0.3) is 0 Å². The van der Waals surface area contributed by atoms with Crippen molar-refractivity contribution in [3.63, 3.8) is 0 Å². The van der Waals surface area contributed by atoms with E-state index in [1.54, 1.807) is 13.8 Å². The van der Waals surface area contributed by atoms with E-state index >= 15 is 0 Å². The van der Waals surface area contributed by atoms with E-state index in [4.69, 9.17) is 21.4 Å². The van der Waals surface area contributed by atoms with Crippen molar-refractivity contribution in [1.29, 1.82) is 0 Å². The van der Waals surface area contributed by atoms with Crippen molar-refractivity contribution < 1.29 is 14.7 Å². The molecule has 0 aromatic rings. The minimum atomic E-state index is -4.00. The minimum Gasteiger partial charge on any atom is -0.742 e. The summed E-state index contributed by atoms with van der Waals surface area (Å²) in [4.78, 5) is 27.6. The molecule has 0 unspecified atom stereocenters. The summed E-state index contributed by atoms with van der Waals surface area (Å²) < 4.78 is 0. The molecule has 0 aromatic carbocycles. The number of rotatable bonds is 1. The number of hydrogen-bond donors (Lipinski definition) is 2. The van der Waals surface area contributed by atoms with Gasteiger partial charge in [0.15, 0.2) is 0 Å². The van der Waals surface area contributed by atoms with Crippen molar-refractivity contribution in [3.8, 4) is 0 Å². The zero-order valence-electron chi connectivity index (χ0n) is 5.54. The summed E-state index contributed by atoms with van der Waals surface area (Å²) in [5.74, 6) is 0. The van der Waals surface area contributed by atoms with E-state index in [9.17, 15) is 4.89 Å². The molecular formula is C4H8ClO3PS. The van der Waals surface area contributed by atoms with Gasteiger partial charge in [0, 0.05) is 6.92 Å². The summed E-state index contributed by atoms with van der Waals surface area (Å²) >= 11 is 5.45. The lowest BCUT2D eigenvalue weighted by molar-refractivity contribution is -0.196. The van der Waals surface area contributed by atoms with Crippen molar-refractivity contribution in [3.05, 3.63) is 9.94 Å². The monoisotopic (exact) mass is 202 g/mol. The van der Waals surface area contributed by atoms with Gasteiger partial charge in [0.05, 0.1) is 5.03 Å². The van der Waals surface area contributed by atoms with Crippen LogP contribution in [-0.2, 0) is 10.9 Å². The Morgan fingerprint density at radius 1 is 1.50 bits per heavy atom. The Kier molecular flexibility index (Phi) is 4.02. The molecule has 0 aliphatic heterocycles. The third kappa shape index (κ3) is 5.35. The summed E-state index contributed by atoms with van der Waals surface area (Å²) in [6.07, 6.45) is 0. The Hall–Kier alpha value is 0.560. The average molecular weight is 203 g/mol. The van der Waals surface area contributed by atoms with Crippen LogP contribution in [0.1, 0.15) is 13.8 Å². The lowest BCUT2D eigenvalue weighted by Gasteiger charge is -2.00. The quantitative estimate of drug-likeness (QED) is 0.483. The first-order valence-corrected chi connectivity index (χ1v) is 5.82. The fourth-order valence-electron chi connectivity index (χ4n) is 0.241. The molecule has 0 aliphatic carbocycles. The molecule has 0 fully saturated rings. The highest BCUT2D eigenvalue weighted by atomic mass is 35.5. The summed E-state index contributed by atoms with van der Waals surface area (Å²) in [6.45, 7) is -0.857. The third-order valence-electron chi connectivity index (χ3n) is 0.741. The Morgan fingerprint density at radius 2 is 1.90 bits per heavy atom. The SMILES string of the molecule is CC(Cl)=C(C)[S+]=P([O-])(O)O.